The summed E-state index contributed by atoms with van der Waals surface area (Å²) in [5, 5.41) is 0. The van der Waals surface area contributed by atoms with Crippen LogP contribution in [0.15, 0.2) is 12.3 Å². The lowest BCUT2D eigenvalue weighted by Crippen LogP contribution is -2.00. The smallest absolute Gasteiger partial charge is 0.257 e. The molecular weight excluding hydrogens is 170 g/mol. The molecule has 1 aromatic rings. The van der Waals surface area contributed by atoms with Crippen LogP contribution in [0.25, 0.3) is 0 Å². The van der Waals surface area contributed by atoms with Gasteiger partial charge in [-0.1, -0.05) is 0 Å². The van der Waals surface area contributed by atoms with Crippen molar-refractivity contribution in [2.45, 2.75) is 6.92 Å². The average Bonchev–Trinajstić information content (AvgIpc) is 2.18. The second kappa shape index (κ2) is 4.45. The number of aromatic nitrogens is 1. The Balaban J connectivity index is 3.10. The van der Waals surface area contributed by atoms with Crippen molar-refractivity contribution in [3.8, 4) is 11.6 Å². The molecule has 0 aliphatic carbocycles. The van der Waals surface area contributed by atoms with Gasteiger partial charge in [-0.2, -0.15) is 0 Å². The van der Waals surface area contributed by atoms with E-state index in [0.29, 0.717) is 30.1 Å². The highest BCUT2D eigenvalue weighted by atomic mass is 16.5. The van der Waals surface area contributed by atoms with Crippen molar-refractivity contribution in [2.75, 3.05) is 13.7 Å². The summed E-state index contributed by atoms with van der Waals surface area (Å²) in [5.74, 6) is 0.744. The number of aldehydes is 1. The summed E-state index contributed by atoms with van der Waals surface area (Å²) in [6.45, 7) is 2.33. The second-order valence-corrected chi connectivity index (χ2v) is 2.29. The normalized spacial score (nSPS) is 9.38. The molecule has 0 atom stereocenters. The molecule has 4 nitrogen and oxygen atoms in total. The van der Waals surface area contributed by atoms with Crippen molar-refractivity contribution in [1.29, 1.82) is 0 Å². The first-order chi connectivity index (χ1) is 6.33. The van der Waals surface area contributed by atoms with Gasteiger partial charge in [-0.3, -0.25) is 4.79 Å². The number of pyridine rings is 1. The van der Waals surface area contributed by atoms with Crippen molar-refractivity contribution in [1.82, 2.24) is 4.98 Å². The Labute approximate surface area is 76.5 Å². The summed E-state index contributed by atoms with van der Waals surface area (Å²) < 4.78 is 10.2. The Bertz CT molecular complexity index is 299. The molecule has 70 valence electrons. The molecule has 4 heteroatoms. The van der Waals surface area contributed by atoms with Gasteiger partial charge < -0.3 is 9.47 Å². The van der Waals surface area contributed by atoms with Crippen LogP contribution in [0, 0.1) is 0 Å². The third-order valence-corrected chi connectivity index (χ3v) is 1.51. The number of methoxy groups -OCH3 is 1. The standard InChI is InChI=1S/C9H11NO3/c1-3-13-9-8(12-2)7(6-11)4-5-10-9/h4-6H,3H2,1-2H3. The summed E-state index contributed by atoms with van der Waals surface area (Å²) in [6.07, 6.45) is 2.22. The van der Waals surface area contributed by atoms with Crippen LogP contribution in [0.2, 0.25) is 0 Å². The molecule has 0 saturated heterocycles. The lowest BCUT2D eigenvalue weighted by Gasteiger charge is -2.08. The molecule has 1 aromatic heterocycles. The lowest BCUT2D eigenvalue weighted by molar-refractivity contribution is 0.111. The van der Waals surface area contributed by atoms with E-state index in [1.165, 1.54) is 13.3 Å². The zero-order valence-corrected chi connectivity index (χ0v) is 7.61. The molecular formula is C9H11NO3. The Kier molecular flexibility index (Phi) is 3.25. The predicted octanol–water partition coefficient (Wildman–Crippen LogP) is 1.30. The fourth-order valence-corrected chi connectivity index (χ4v) is 0.981. The Morgan fingerprint density at radius 3 is 2.92 bits per heavy atom. The van der Waals surface area contributed by atoms with Crippen LogP contribution in [-0.4, -0.2) is 25.0 Å². The highest BCUT2D eigenvalue weighted by Crippen LogP contribution is 2.26. The number of ether oxygens (including phenoxy) is 2. The lowest BCUT2D eigenvalue weighted by atomic mass is 10.2. The number of hydrogen-bond acceptors (Lipinski definition) is 4. The van der Waals surface area contributed by atoms with E-state index >= 15 is 0 Å². The number of carbonyl (C=O) groups is 1. The van der Waals surface area contributed by atoms with E-state index in [0.717, 1.165) is 0 Å². The van der Waals surface area contributed by atoms with Gasteiger partial charge in [-0.15, -0.1) is 0 Å². The SMILES string of the molecule is CCOc1nccc(C=O)c1OC. The van der Waals surface area contributed by atoms with Gasteiger partial charge in [0.15, 0.2) is 12.0 Å². The Hall–Kier alpha value is -1.58. The maximum absolute atomic E-state index is 10.6. The van der Waals surface area contributed by atoms with Crippen LogP contribution in [0.5, 0.6) is 11.6 Å². The van der Waals surface area contributed by atoms with Gasteiger partial charge in [-0.05, 0) is 13.0 Å². The Morgan fingerprint density at radius 2 is 2.38 bits per heavy atom. The number of hydrogen-bond donors (Lipinski definition) is 0. The number of rotatable bonds is 4. The minimum atomic E-state index is 0.356. The molecule has 1 rings (SSSR count). The van der Waals surface area contributed by atoms with Crippen LogP contribution in [0.4, 0.5) is 0 Å². The molecule has 0 spiro atoms. The third-order valence-electron chi connectivity index (χ3n) is 1.51. The van der Waals surface area contributed by atoms with Crippen LogP contribution in [0.3, 0.4) is 0 Å². The zero-order valence-electron chi connectivity index (χ0n) is 7.61. The minimum absolute atomic E-state index is 0.356. The number of carbonyl (C=O) groups excluding carboxylic acids is 1. The maximum atomic E-state index is 10.6. The fourth-order valence-electron chi connectivity index (χ4n) is 0.981. The summed E-state index contributed by atoms with van der Waals surface area (Å²) in [7, 11) is 1.48. The van der Waals surface area contributed by atoms with Gasteiger partial charge in [0.1, 0.15) is 0 Å². The summed E-state index contributed by atoms with van der Waals surface area (Å²) in [4.78, 5) is 14.5. The molecule has 0 bridgehead atoms. The molecule has 0 amide bonds. The van der Waals surface area contributed by atoms with E-state index < -0.39 is 0 Å². The molecule has 0 aliphatic heterocycles. The molecule has 0 N–H and O–H groups in total. The quantitative estimate of drug-likeness (QED) is 0.657. The molecule has 0 unspecified atom stereocenters. The average molecular weight is 181 g/mol. The maximum Gasteiger partial charge on any atom is 0.257 e. The molecule has 0 fully saturated rings. The van der Waals surface area contributed by atoms with Crippen molar-refractivity contribution < 1.29 is 14.3 Å². The highest BCUT2D eigenvalue weighted by Gasteiger charge is 2.09. The predicted molar refractivity (Wildman–Crippen MR) is 47.3 cm³/mol. The monoisotopic (exact) mass is 181 g/mol. The van der Waals surface area contributed by atoms with E-state index in [-0.39, 0.29) is 0 Å². The van der Waals surface area contributed by atoms with Crippen LogP contribution in [-0.2, 0) is 0 Å². The first kappa shape index (κ1) is 9.51. The molecule has 1 heterocycles. The van der Waals surface area contributed by atoms with Crippen molar-refractivity contribution in [3.05, 3.63) is 17.8 Å². The molecule has 0 radical (unpaired) electrons. The van der Waals surface area contributed by atoms with Gasteiger partial charge in [0.2, 0.25) is 0 Å². The van der Waals surface area contributed by atoms with Crippen LogP contribution in [0.1, 0.15) is 17.3 Å². The largest absolute Gasteiger partial charge is 0.491 e. The van der Waals surface area contributed by atoms with Gasteiger partial charge in [0, 0.05) is 6.20 Å². The second-order valence-electron chi connectivity index (χ2n) is 2.29. The summed E-state index contributed by atoms with van der Waals surface area (Å²) in [6, 6.07) is 1.58. The van der Waals surface area contributed by atoms with Gasteiger partial charge in [0.05, 0.1) is 19.3 Å². The van der Waals surface area contributed by atoms with Crippen LogP contribution < -0.4 is 9.47 Å². The van der Waals surface area contributed by atoms with E-state index in [1.807, 2.05) is 6.92 Å². The molecule has 0 aliphatic rings. The molecule has 0 saturated carbocycles. The first-order valence-corrected chi connectivity index (χ1v) is 3.94. The summed E-state index contributed by atoms with van der Waals surface area (Å²) >= 11 is 0. The van der Waals surface area contributed by atoms with Gasteiger partial charge >= 0.3 is 0 Å². The molecule has 13 heavy (non-hydrogen) atoms. The van der Waals surface area contributed by atoms with E-state index in [2.05, 4.69) is 4.98 Å². The first-order valence-electron chi connectivity index (χ1n) is 3.94. The molecule has 0 aromatic carbocycles. The Morgan fingerprint density at radius 1 is 1.62 bits per heavy atom. The minimum Gasteiger partial charge on any atom is -0.491 e. The van der Waals surface area contributed by atoms with E-state index in [9.17, 15) is 4.79 Å². The highest BCUT2D eigenvalue weighted by molar-refractivity contribution is 5.80. The van der Waals surface area contributed by atoms with Gasteiger partial charge in [0.25, 0.3) is 5.88 Å². The fraction of sp³-hybridized carbons (Fsp3) is 0.333. The van der Waals surface area contributed by atoms with E-state index in [4.69, 9.17) is 9.47 Å². The van der Waals surface area contributed by atoms with Gasteiger partial charge in [-0.25, -0.2) is 4.98 Å². The van der Waals surface area contributed by atoms with Crippen molar-refractivity contribution in [3.63, 3.8) is 0 Å². The van der Waals surface area contributed by atoms with E-state index in [1.54, 1.807) is 6.07 Å². The zero-order chi connectivity index (χ0) is 9.68. The summed E-state index contributed by atoms with van der Waals surface area (Å²) in [5.41, 5.74) is 0.445. The number of nitrogens with zero attached hydrogens (tertiary/aromatic N) is 1. The van der Waals surface area contributed by atoms with Crippen molar-refractivity contribution >= 4 is 6.29 Å². The topological polar surface area (TPSA) is 48.4 Å². The third kappa shape index (κ3) is 1.96. The van der Waals surface area contributed by atoms with Crippen LogP contribution >= 0.6 is 0 Å². The van der Waals surface area contributed by atoms with Crippen molar-refractivity contribution in [2.24, 2.45) is 0 Å².